The van der Waals surface area contributed by atoms with Gasteiger partial charge in [-0.2, -0.15) is 5.10 Å². The molecule has 0 aliphatic carbocycles. The van der Waals surface area contributed by atoms with Gasteiger partial charge in [0, 0.05) is 39.1 Å². The number of carbonyl (C=O) groups excluding carboxylic acids is 2. The van der Waals surface area contributed by atoms with Gasteiger partial charge in [-0.15, -0.1) is 11.8 Å². The molecule has 1 saturated heterocycles. The molecular formula is C15H24N4O2S. The zero-order chi connectivity index (χ0) is 16.3. The van der Waals surface area contributed by atoms with Crippen LogP contribution < -0.4 is 0 Å². The van der Waals surface area contributed by atoms with Crippen molar-refractivity contribution in [2.75, 3.05) is 32.4 Å². The topological polar surface area (TPSA) is 58.4 Å². The molecule has 1 aromatic heterocycles. The van der Waals surface area contributed by atoms with Crippen molar-refractivity contribution < 1.29 is 9.59 Å². The molecule has 1 aromatic rings. The maximum atomic E-state index is 12.7. The summed E-state index contributed by atoms with van der Waals surface area (Å²) in [5, 5.41) is 5.06. The Morgan fingerprint density at radius 2 is 1.82 bits per heavy atom. The average Bonchev–Trinajstić information content (AvgIpc) is 2.72. The van der Waals surface area contributed by atoms with Gasteiger partial charge in [-0.3, -0.25) is 14.3 Å². The fourth-order valence-electron chi connectivity index (χ4n) is 2.69. The number of rotatable bonds is 3. The average molecular weight is 324 g/mol. The third-order valence-electron chi connectivity index (χ3n) is 3.90. The first kappa shape index (κ1) is 16.9. The number of nitrogens with zero attached hydrogens (tertiary/aromatic N) is 4. The van der Waals surface area contributed by atoms with Crippen LogP contribution >= 0.6 is 11.8 Å². The molecule has 122 valence electrons. The molecule has 7 heteroatoms. The van der Waals surface area contributed by atoms with Crippen LogP contribution in [-0.2, 0) is 11.8 Å². The van der Waals surface area contributed by atoms with Crippen LogP contribution in [0.25, 0.3) is 0 Å². The maximum absolute atomic E-state index is 12.7. The predicted molar refractivity (Wildman–Crippen MR) is 86.9 cm³/mol. The van der Waals surface area contributed by atoms with Gasteiger partial charge in [0.15, 0.2) is 0 Å². The molecule has 0 aromatic carbocycles. The van der Waals surface area contributed by atoms with Gasteiger partial charge in [0.1, 0.15) is 5.03 Å². The highest BCUT2D eigenvalue weighted by molar-refractivity contribution is 7.98. The van der Waals surface area contributed by atoms with Crippen LogP contribution in [0.3, 0.4) is 0 Å². The van der Waals surface area contributed by atoms with E-state index in [1.165, 1.54) is 11.8 Å². The van der Waals surface area contributed by atoms with Gasteiger partial charge in [-0.05, 0) is 12.7 Å². The summed E-state index contributed by atoms with van der Waals surface area (Å²) in [6.45, 7) is 6.43. The van der Waals surface area contributed by atoms with Gasteiger partial charge in [0.2, 0.25) is 5.91 Å². The summed E-state index contributed by atoms with van der Waals surface area (Å²) in [5.41, 5.74) is 0.652. The molecule has 1 aliphatic rings. The number of aromatic nitrogens is 2. The minimum atomic E-state index is 0.00340. The van der Waals surface area contributed by atoms with Crippen molar-refractivity contribution in [2.45, 2.75) is 25.3 Å². The molecule has 2 amide bonds. The first-order valence-electron chi connectivity index (χ1n) is 7.59. The van der Waals surface area contributed by atoms with E-state index in [0.29, 0.717) is 25.2 Å². The molecule has 0 radical (unpaired) electrons. The van der Waals surface area contributed by atoms with Gasteiger partial charge in [0.05, 0.1) is 11.8 Å². The molecule has 0 spiro atoms. The van der Waals surface area contributed by atoms with Crippen LogP contribution in [0.4, 0.5) is 0 Å². The van der Waals surface area contributed by atoms with E-state index in [0.717, 1.165) is 18.0 Å². The van der Waals surface area contributed by atoms with Crippen molar-refractivity contribution in [3.8, 4) is 0 Å². The zero-order valence-electron chi connectivity index (χ0n) is 13.7. The van der Waals surface area contributed by atoms with Gasteiger partial charge >= 0.3 is 0 Å². The van der Waals surface area contributed by atoms with Gasteiger partial charge in [0.25, 0.3) is 5.91 Å². The summed E-state index contributed by atoms with van der Waals surface area (Å²) in [4.78, 5) is 28.5. The highest BCUT2D eigenvalue weighted by atomic mass is 32.2. The molecule has 0 bridgehead atoms. The first-order valence-corrected chi connectivity index (χ1v) is 8.82. The van der Waals surface area contributed by atoms with Crippen LogP contribution in [0, 0.1) is 5.92 Å². The summed E-state index contributed by atoms with van der Waals surface area (Å²) in [6, 6.07) is 0. The summed E-state index contributed by atoms with van der Waals surface area (Å²) >= 11 is 1.52. The van der Waals surface area contributed by atoms with Crippen LogP contribution in [0.1, 0.15) is 30.6 Å². The highest BCUT2D eigenvalue weighted by Gasteiger charge is 2.26. The largest absolute Gasteiger partial charge is 0.341 e. The normalized spacial score (nSPS) is 16.0. The number of hydrogen-bond acceptors (Lipinski definition) is 4. The van der Waals surface area contributed by atoms with E-state index in [1.54, 1.807) is 10.9 Å². The Balaban J connectivity index is 2.07. The number of aryl methyl sites for hydroxylation is 1. The predicted octanol–water partition coefficient (Wildman–Crippen LogP) is 1.47. The molecule has 0 N–H and O–H groups in total. The Bertz CT molecular complexity index is 556. The number of amides is 2. The first-order chi connectivity index (χ1) is 10.5. The molecule has 0 unspecified atom stereocenters. The third kappa shape index (κ3) is 3.45. The second-order valence-corrected chi connectivity index (χ2v) is 6.61. The highest BCUT2D eigenvalue weighted by Crippen LogP contribution is 2.21. The Labute approximate surface area is 135 Å². The SMILES string of the molecule is CSc1c(C(=O)N2CCCN(C(=O)C(C)C)CC2)cnn1C. The molecule has 1 aliphatic heterocycles. The van der Waals surface area contributed by atoms with Crippen molar-refractivity contribution in [3.63, 3.8) is 0 Å². The van der Waals surface area contributed by atoms with Crippen LogP contribution in [-0.4, -0.2) is 63.8 Å². The van der Waals surface area contributed by atoms with E-state index in [9.17, 15) is 9.59 Å². The third-order valence-corrected chi connectivity index (χ3v) is 4.77. The van der Waals surface area contributed by atoms with Crippen molar-refractivity contribution in [1.82, 2.24) is 19.6 Å². The van der Waals surface area contributed by atoms with Gasteiger partial charge in [-0.1, -0.05) is 13.8 Å². The van der Waals surface area contributed by atoms with E-state index >= 15 is 0 Å². The Hall–Kier alpha value is -1.50. The molecule has 2 heterocycles. The Kier molecular flexibility index (Phi) is 5.50. The summed E-state index contributed by atoms with van der Waals surface area (Å²) in [6.07, 6.45) is 4.40. The van der Waals surface area contributed by atoms with E-state index in [-0.39, 0.29) is 17.7 Å². The summed E-state index contributed by atoms with van der Waals surface area (Å²) in [5.74, 6) is 0.181. The lowest BCUT2D eigenvalue weighted by Crippen LogP contribution is -2.39. The monoisotopic (exact) mass is 324 g/mol. The molecule has 0 atom stereocenters. The molecule has 0 saturated carbocycles. The van der Waals surface area contributed by atoms with E-state index in [2.05, 4.69) is 5.10 Å². The lowest BCUT2D eigenvalue weighted by atomic mass is 10.2. The Morgan fingerprint density at radius 1 is 1.18 bits per heavy atom. The molecular weight excluding hydrogens is 300 g/mol. The zero-order valence-corrected chi connectivity index (χ0v) is 14.5. The second kappa shape index (κ2) is 7.17. The van der Waals surface area contributed by atoms with Crippen molar-refractivity contribution in [2.24, 2.45) is 13.0 Å². The lowest BCUT2D eigenvalue weighted by Gasteiger charge is -2.23. The minimum absolute atomic E-state index is 0.00340. The number of hydrogen-bond donors (Lipinski definition) is 0. The maximum Gasteiger partial charge on any atom is 0.258 e. The fourth-order valence-corrected chi connectivity index (χ4v) is 3.36. The number of thioether (sulfide) groups is 1. The lowest BCUT2D eigenvalue weighted by molar-refractivity contribution is -0.134. The second-order valence-electron chi connectivity index (χ2n) is 5.82. The van der Waals surface area contributed by atoms with Crippen LogP contribution in [0.5, 0.6) is 0 Å². The van der Waals surface area contributed by atoms with E-state index < -0.39 is 0 Å². The molecule has 2 rings (SSSR count). The van der Waals surface area contributed by atoms with Crippen molar-refractivity contribution in [3.05, 3.63) is 11.8 Å². The smallest absolute Gasteiger partial charge is 0.258 e. The van der Waals surface area contributed by atoms with E-state index in [4.69, 9.17) is 0 Å². The van der Waals surface area contributed by atoms with Gasteiger partial charge in [-0.25, -0.2) is 0 Å². The van der Waals surface area contributed by atoms with Crippen molar-refractivity contribution in [1.29, 1.82) is 0 Å². The minimum Gasteiger partial charge on any atom is -0.341 e. The van der Waals surface area contributed by atoms with Crippen LogP contribution in [0.2, 0.25) is 0 Å². The summed E-state index contributed by atoms with van der Waals surface area (Å²) < 4.78 is 1.73. The molecule has 6 nitrogen and oxygen atoms in total. The van der Waals surface area contributed by atoms with Gasteiger partial charge < -0.3 is 9.80 Å². The standard InChI is InChI=1S/C15H24N4O2S/c1-11(2)13(20)18-6-5-7-19(9-8-18)14(21)12-10-16-17(3)15(12)22-4/h10-11H,5-9H2,1-4H3. The van der Waals surface area contributed by atoms with Crippen molar-refractivity contribution >= 4 is 23.6 Å². The number of carbonyl (C=O) groups is 2. The molecule has 1 fully saturated rings. The van der Waals surface area contributed by atoms with Crippen LogP contribution in [0.15, 0.2) is 11.2 Å². The quantitative estimate of drug-likeness (QED) is 0.790. The molecule has 22 heavy (non-hydrogen) atoms. The fraction of sp³-hybridized carbons (Fsp3) is 0.667. The Morgan fingerprint density at radius 3 is 2.45 bits per heavy atom. The van der Waals surface area contributed by atoms with E-state index in [1.807, 2.05) is 37.0 Å². The summed E-state index contributed by atoms with van der Waals surface area (Å²) in [7, 11) is 1.84.